The SMILES string of the molecule is COc1cc(Nc2nccc(N3CCC[C@H](C(=O)NCc4ccc(OC(F)(F)F)cc4C#N)C3)n2)cc(OC)c1OC. The number of carbonyl (C=O) groups is 1. The van der Waals surface area contributed by atoms with E-state index in [-0.39, 0.29) is 23.9 Å². The maximum atomic E-state index is 13.0. The zero-order chi connectivity index (χ0) is 30.3. The number of carbonyl (C=O) groups excluding carboxylic acids is 1. The molecule has 0 aliphatic carbocycles. The molecule has 1 atom stereocenters. The third-order valence-corrected chi connectivity index (χ3v) is 6.57. The first-order valence-electron chi connectivity index (χ1n) is 12.9. The topological polar surface area (TPSA) is 131 Å². The molecule has 2 aromatic carbocycles. The van der Waals surface area contributed by atoms with Crippen molar-refractivity contribution in [1.29, 1.82) is 5.26 Å². The van der Waals surface area contributed by atoms with Crippen molar-refractivity contribution in [3.63, 3.8) is 0 Å². The van der Waals surface area contributed by atoms with E-state index in [4.69, 9.17) is 14.2 Å². The first kappa shape index (κ1) is 30.0. The van der Waals surface area contributed by atoms with Gasteiger partial charge in [0.2, 0.25) is 17.6 Å². The van der Waals surface area contributed by atoms with Crippen molar-refractivity contribution in [3.8, 4) is 29.1 Å². The molecule has 1 saturated heterocycles. The van der Waals surface area contributed by atoms with Crippen molar-refractivity contribution in [2.24, 2.45) is 5.92 Å². The van der Waals surface area contributed by atoms with E-state index in [0.717, 1.165) is 18.6 Å². The molecule has 1 amide bonds. The molecular weight excluding hydrogens is 557 g/mol. The Morgan fingerprint density at radius 1 is 1.12 bits per heavy atom. The number of hydrogen-bond acceptors (Lipinski definition) is 10. The molecule has 1 aromatic heterocycles. The highest BCUT2D eigenvalue weighted by Crippen LogP contribution is 2.40. The van der Waals surface area contributed by atoms with Crippen LogP contribution in [0.2, 0.25) is 0 Å². The first-order chi connectivity index (χ1) is 20.1. The van der Waals surface area contributed by atoms with Crippen molar-refractivity contribution < 1.29 is 36.9 Å². The van der Waals surface area contributed by atoms with E-state index in [1.165, 1.54) is 27.4 Å². The predicted molar refractivity (Wildman–Crippen MR) is 146 cm³/mol. The summed E-state index contributed by atoms with van der Waals surface area (Å²) in [7, 11) is 4.56. The van der Waals surface area contributed by atoms with Gasteiger partial charge in [0, 0.05) is 43.7 Å². The van der Waals surface area contributed by atoms with E-state index < -0.39 is 12.1 Å². The van der Waals surface area contributed by atoms with E-state index in [1.807, 2.05) is 11.0 Å². The highest BCUT2D eigenvalue weighted by atomic mass is 19.4. The lowest BCUT2D eigenvalue weighted by atomic mass is 9.97. The summed E-state index contributed by atoms with van der Waals surface area (Å²) in [5, 5.41) is 15.3. The van der Waals surface area contributed by atoms with Crippen LogP contribution in [0.3, 0.4) is 0 Å². The van der Waals surface area contributed by atoms with Crippen LogP contribution in [0.5, 0.6) is 23.0 Å². The number of methoxy groups -OCH3 is 3. The van der Waals surface area contributed by atoms with Crippen LogP contribution in [0.4, 0.5) is 30.6 Å². The molecule has 14 heteroatoms. The quantitative estimate of drug-likeness (QED) is 0.349. The molecule has 0 radical (unpaired) electrons. The Bertz CT molecular complexity index is 1440. The number of halogens is 3. The van der Waals surface area contributed by atoms with Crippen molar-refractivity contribution in [1.82, 2.24) is 15.3 Å². The third-order valence-electron chi connectivity index (χ3n) is 6.57. The monoisotopic (exact) mass is 586 g/mol. The molecule has 1 aliphatic rings. The molecule has 2 N–H and O–H groups in total. The van der Waals surface area contributed by atoms with E-state index in [0.29, 0.717) is 59.8 Å². The molecule has 2 heterocycles. The number of piperidine rings is 1. The molecule has 0 saturated carbocycles. The van der Waals surface area contributed by atoms with Crippen molar-refractivity contribution in [2.45, 2.75) is 25.7 Å². The highest BCUT2D eigenvalue weighted by molar-refractivity contribution is 5.79. The Hall–Kier alpha value is -4.93. The molecule has 11 nitrogen and oxygen atoms in total. The van der Waals surface area contributed by atoms with Crippen LogP contribution in [0.1, 0.15) is 24.0 Å². The van der Waals surface area contributed by atoms with Gasteiger partial charge in [0.1, 0.15) is 11.6 Å². The predicted octanol–water partition coefficient (Wildman–Crippen LogP) is 4.55. The maximum absolute atomic E-state index is 13.0. The van der Waals surface area contributed by atoms with Crippen molar-refractivity contribution in [3.05, 3.63) is 53.7 Å². The number of nitriles is 1. The number of ether oxygens (including phenoxy) is 4. The maximum Gasteiger partial charge on any atom is 0.573 e. The average molecular weight is 587 g/mol. The van der Waals surface area contributed by atoms with Gasteiger partial charge in [-0.2, -0.15) is 10.2 Å². The van der Waals surface area contributed by atoms with Gasteiger partial charge in [-0.3, -0.25) is 4.79 Å². The molecule has 0 bridgehead atoms. The van der Waals surface area contributed by atoms with Crippen LogP contribution in [0, 0.1) is 17.2 Å². The zero-order valence-electron chi connectivity index (χ0n) is 23.1. The fourth-order valence-corrected chi connectivity index (χ4v) is 4.60. The summed E-state index contributed by atoms with van der Waals surface area (Å²) in [6.45, 7) is 1.07. The molecule has 3 aromatic rings. The second-order valence-corrected chi connectivity index (χ2v) is 9.26. The minimum Gasteiger partial charge on any atom is -0.493 e. The number of nitrogens with one attached hydrogen (secondary N) is 2. The van der Waals surface area contributed by atoms with Crippen LogP contribution in [0.15, 0.2) is 42.6 Å². The lowest BCUT2D eigenvalue weighted by Gasteiger charge is -2.33. The summed E-state index contributed by atoms with van der Waals surface area (Å²) in [5.74, 6) is 1.25. The number of rotatable bonds is 10. The zero-order valence-corrected chi connectivity index (χ0v) is 23.1. The van der Waals surface area contributed by atoms with Crippen LogP contribution in [0.25, 0.3) is 0 Å². The van der Waals surface area contributed by atoms with E-state index in [1.54, 1.807) is 24.4 Å². The lowest BCUT2D eigenvalue weighted by molar-refractivity contribution is -0.274. The molecule has 222 valence electrons. The van der Waals surface area contributed by atoms with Crippen LogP contribution in [-0.2, 0) is 11.3 Å². The number of nitrogens with zero attached hydrogens (tertiary/aromatic N) is 4. The number of amides is 1. The number of alkyl halides is 3. The van der Waals surface area contributed by atoms with Crippen molar-refractivity contribution >= 4 is 23.4 Å². The van der Waals surface area contributed by atoms with Gasteiger partial charge in [-0.1, -0.05) is 6.07 Å². The fourth-order valence-electron chi connectivity index (χ4n) is 4.60. The standard InChI is InChI=1S/C28H29F3N6O5/c1-39-22-12-20(13-23(40-2)25(22)41-3)35-27-33-9-8-24(36-27)37-10-4-5-18(16-37)26(38)34-15-17-6-7-21(11-19(17)14-32)42-28(29,30)31/h6-9,11-13,18H,4-5,10,15-16H2,1-3H3,(H,34,38)(H,33,35,36)/t18-/m0/s1. The summed E-state index contributed by atoms with van der Waals surface area (Å²) < 4.78 is 57.5. The van der Waals surface area contributed by atoms with Crippen LogP contribution < -0.4 is 34.5 Å². The van der Waals surface area contributed by atoms with Gasteiger partial charge in [-0.05, 0) is 36.6 Å². The number of anilines is 3. The number of aromatic nitrogens is 2. The van der Waals surface area contributed by atoms with E-state index in [2.05, 4.69) is 25.3 Å². The highest BCUT2D eigenvalue weighted by Gasteiger charge is 2.31. The number of benzene rings is 2. The summed E-state index contributed by atoms with van der Waals surface area (Å²) >= 11 is 0. The van der Waals surface area contributed by atoms with Gasteiger partial charge in [-0.15, -0.1) is 13.2 Å². The average Bonchev–Trinajstić information content (AvgIpc) is 2.99. The molecule has 4 rings (SSSR count). The Kier molecular flexibility index (Phi) is 9.41. The largest absolute Gasteiger partial charge is 0.573 e. The Labute approximate surface area is 240 Å². The minimum absolute atomic E-state index is 0.0130. The first-order valence-corrected chi connectivity index (χ1v) is 12.9. The van der Waals surface area contributed by atoms with Gasteiger partial charge < -0.3 is 34.5 Å². The minimum atomic E-state index is -4.87. The Morgan fingerprint density at radius 2 is 1.86 bits per heavy atom. The summed E-state index contributed by atoms with van der Waals surface area (Å²) in [4.78, 5) is 23.9. The normalized spacial score (nSPS) is 14.9. The smallest absolute Gasteiger partial charge is 0.493 e. The molecule has 1 aliphatic heterocycles. The Balaban J connectivity index is 1.41. The second kappa shape index (κ2) is 13.2. The molecule has 42 heavy (non-hydrogen) atoms. The third kappa shape index (κ3) is 7.42. The molecular formula is C28H29F3N6O5. The molecule has 1 fully saturated rings. The Morgan fingerprint density at radius 3 is 2.50 bits per heavy atom. The van der Waals surface area contributed by atoms with Crippen LogP contribution in [-0.4, -0.2) is 56.7 Å². The summed E-state index contributed by atoms with van der Waals surface area (Å²) in [6.07, 6.45) is -1.87. The summed E-state index contributed by atoms with van der Waals surface area (Å²) in [5.41, 5.74) is 0.981. The van der Waals surface area contributed by atoms with Crippen molar-refractivity contribution in [2.75, 3.05) is 44.6 Å². The molecule has 0 spiro atoms. The van der Waals surface area contributed by atoms with Gasteiger partial charge in [-0.25, -0.2) is 4.98 Å². The summed E-state index contributed by atoms with van der Waals surface area (Å²) in [6, 6.07) is 10.5. The van der Waals surface area contributed by atoms with Gasteiger partial charge >= 0.3 is 6.36 Å². The lowest BCUT2D eigenvalue weighted by Crippen LogP contribution is -2.43. The van der Waals surface area contributed by atoms with E-state index >= 15 is 0 Å². The molecule has 0 unspecified atom stereocenters. The van der Waals surface area contributed by atoms with Crippen LogP contribution >= 0.6 is 0 Å². The number of hydrogen-bond donors (Lipinski definition) is 2. The van der Waals surface area contributed by atoms with Gasteiger partial charge in [0.05, 0.1) is 38.9 Å². The fraction of sp³-hybridized carbons (Fsp3) is 0.357. The van der Waals surface area contributed by atoms with Gasteiger partial charge in [0.15, 0.2) is 11.5 Å². The van der Waals surface area contributed by atoms with E-state index in [9.17, 15) is 23.2 Å². The second-order valence-electron chi connectivity index (χ2n) is 9.26. The van der Waals surface area contributed by atoms with Gasteiger partial charge in [0.25, 0.3) is 0 Å².